The van der Waals surface area contributed by atoms with Crippen molar-refractivity contribution in [2.45, 2.75) is 213 Å². The average molecular weight is 703 g/mol. The second-order valence-corrected chi connectivity index (χ2v) is 14.9. The van der Waals surface area contributed by atoms with Gasteiger partial charge in [0.1, 0.15) is 6.61 Å². The highest BCUT2D eigenvalue weighted by Gasteiger charge is 2.22. The van der Waals surface area contributed by atoms with E-state index in [-0.39, 0.29) is 19.4 Å². The standard InChI is InChI=1S/C39H75O8P/c1-3-5-7-9-11-13-15-17-18-19-20-22-23-25-27-29-31-33-38(40)45-35-37(36-46-48(42,43)44)47-39(41)34-32-30-28-26-24-21-16-14-12-10-8-6-4-2/h13,15,37H,3-12,14,16-36H2,1-2H3,(H2,42,43,44)/b15-13+/t37-/m1/s1. The van der Waals surface area contributed by atoms with E-state index < -0.39 is 32.5 Å². The van der Waals surface area contributed by atoms with Gasteiger partial charge in [0.25, 0.3) is 0 Å². The van der Waals surface area contributed by atoms with Crippen LogP contribution in [0.25, 0.3) is 0 Å². The van der Waals surface area contributed by atoms with Crippen LogP contribution in [0.5, 0.6) is 0 Å². The molecule has 284 valence electrons. The maximum Gasteiger partial charge on any atom is 0.469 e. The molecule has 0 aliphatic rings. The average Bonchev–Trinajstić information content (AvgIpc) is 3.05. The Morgan fingerprint density at radius 2 is 0.875 bits per heavy atom. The summed E-state index contributed by atoms with van der Waals surface area (Å²) in [6, 6.07) is 0. The van der Waals surface area contributed by atoms with Crippen LogP contribution in [0.4, 0.5) is 0 Å². The molecule has 0 aromatic heterocycles. The van der Waals surface area contributed by atoms with Crippen molar-refractivity contribution in [2.24, 2.45) is 0 Å². The third-order valence-corrected chi connectivity index (χ3v) is 9.27. The molecule has 0 saturated heterocycles. The minimum atomic E-state index is -4.74. The number of esters is 2. The van der Waals surface area contributed by atoms with Gasteiger partial charge in [-0.1, -0.05) is 167 Å². The number of ether oxygens (including phenoxy) is 2. The molecule has 0 rings (SSSR count). The van der Waals surface area contributed by atoms with Gasteiger partial charge in [0.05, 0.1) is 6.61 Å². The Bertz CT molecular complexity index is 797. The number of carbonyl (C=O) groups excluding carboxylic acids is 2. The molecule has 0 aromatic rings. The quantitative estimate of drug-likeness (QED) is 0.0284. The second kappa shape index (κ2) is 35.6. The first-order valence-electron chi connectivity index (χ1n) is 20.0. The molecule has 0 aromatic carbocycles. The first kappa shape index (κ1) is 46.8. The van der Waals surface area contributed by atoms with Gasteiger partial charge >= 0.3 is 19.8 Å². The second-order valence-electron chi connectivity index (χ2n) is 13.6. The molecule has 0 aliphatic heterocycles. The predicted octanol–water partition coefficient (Wildman–Crippen LogP) is 11.8. The minimum Gasteiger partial charge on any atom is -0.462 e. The summed E-state index contributed by atoms with van der Waals surface area (Å²) >= 11 is 0. The number of carbonyl (C=O) groups is 2. The molecular formula is C39H75O8P. The number of allylic oxidation sites excluding steroid dienone is 2. The van der Waals surface area contributed by atoms with Crippen molar-refractivity contribution in [2.75, 3.05) is 13.2 Å². The summed E-state index contributed by atoms with van der Waals surface area (Å²) in [5.74, 6) is -0.878. The number of phosphoric ester groups is 1. The molecule has 0 unspecified atom stereocenters. The van der Waals surface area contributed by atoms with Gasteiger partial charge in [0.15, 0.2) is 6.10 Å². The Balaban J connectivity index is 3.90. The largest absolute Gasteiger partial charge is 0.469 e. The lowest BCUT2D eigenvalue weighted by atomic mass is 10.0. The van der Waals surface area contributed by atoms with Gasteiger partial charge in [-0.3, -0.25) is 14.1 Å². The topological polar surface area (TPSA) is 119 Å². The van der Waals surface area contributed by atoms with Crippen molar-refractivity contribution in [1.82, 2.24) is 0 Å². The minimum absolute atomic E-state index is 0.217. The lowest BCUT2D eigenvalue weighted by Crippen LogP contribution is -2.29. The fourth-order valence-corrected chi connectivity index (χ4v) is 6.14. The summed E-state index contributed by atoms with van der Waals surface area (Å²) in [5, 5.41) is 0. The van der Waals surface area contributed by atoms with E-state index in [1.165, 1.54) is 135 Å². The number of hydrogen-bond acceptors (Lipinski definition) is 6. The van der Waals surface area contributed by atoms with E-state index in [1.54, 1.807) is 0 Å². The zero-order valence-corrected chi connectivity index (χ0v) is 32.0. The fourth-order valence-electron chi connectivity index (χ4n) is 5.78. The molecule has 0 amide bonds. The molecule has 0 radical (unpaired) electrons. The molecule has 8 nitrogen and oxygen atoms in total. The van der Waals surface area contributed by atoms with E-state index in [0.29, 0.717) is 6.42 Å². The highest BCUT2D eigenvalue weighted by molar-refractivity contribution is 7.46. The van der Waals surface area contributed by atoms with E-state index in [4.69, 9.17) is 19.3 Å². The third kappa shape index (κ3) is 37.6. The molecule has 48 heavy (non-hydrogen) atoms. The summed E-state index contributed by atoms with van der Waals surface area (Å²) in [7, 11) is -4.74. The van der Waals surface area contributed by atoms with Crippen LogP contribution in [0.3, 0.4) is 0 Å². The Morgan fingerprint density at radius 3 is 1.29 bits per heavy atom. The summed E-state index contributed by atoms with van der Waals surface area (Å²) in [4.78, 5) is 42.7. The van der Waals surface area contributed by atoms with Crippen molar-refractivity contribution < 1.29 is 37.9 Å². The van der Waals surface area contributed by atoms with E-state index in [0.717, 1.165) is 38.5 Å². The molecule has 1 atom stereocenters. The highest BCUT2D eigenvalue weighted by atomic mass is 31.2. The summed E-state index contributed by atoms with van der Waals surface area (Å²) in [6.07, 6.45) is 37.8. The van der Waals surface area contributed by atoms with Gasteiger partial charge < -0.3 is 19.3 Å². The van der Waals surface area contributed by atoms with Gasteiger partial charge in [0, 0.05) is 12.8 Å². The SMILES string of the molecule is CCCCCC/C=C/CCCCCCCCCCCC(=O)OC[C@H](COP(=O)(O)O)OC(=O)CCCCCCCCCCCCCCC. The maximum absolute atomic E-state index is 12.4. The first-order valence-corrected chi connectivity index (χ1v) is 21.5. The summed E-state index contributed by atoms with van der Waals surface area (Å²) in [6.45, 7) is 3.68. The van der Waals surface area contributed by atoms with Crippen LogP contribution in [-0.2, 0) is 28.2 Å². The lowest BCUT2D eigenvalue weighted by Gasteiger charge is -2.18. The predicted molar refractivity (Wildman–Crippen MR) is 198 cm³/mol. The maximum atomic E-state index is 12.4. The number of rotatable bonds is 37. The zero-order valence-electron chi connectivity index (χ0n) is 31.2. The number of hydrogen-bond donors (Lipinski definition) is 2. The molecule has 0 bridgehead atoms. The molecule has 0 saturated carbocycles. The lowest BCUT2D eigenvalue weighted by molar-refractivity contribution is -0.161. The Labute approximate surface area is 295 Å². The molecule has 0 aliphatic carbocycles. The van der Waals surface area contributed by atoms with E-state index in [9.17, 15) is 14.2 Å². The first-order chi connectivity index (χ1) is 23.3. The summed E-state index contributed by atoms with van der Waals surface area (Å²) < 4.78 is 26.3. The normalized spacial score (nSPS) is 12.5. The van der Waals surface area contributed by atoms with E-state index in [1.807, 2.05) is 0 Å². The van der Waals surface area contributed by atoms with Crippen molar-refractivity contribution in [3.8, 4) is 0 Å². The van der Waals surface area contributed by atoms with Crippen LogP contribution in [-0.4, -0.2) is 41.0 Å². The molecule has 0 heterocycles. The van der Waals surface area contributed by atoms with Crippen LogP contribution in [0.1, 0.15) is 206 Å². The van der Waals surface area contributed by atoms with E-state index in [2.05, 4.69) is 30.5 Å². The van der Waals surface area contributed by atoms with Crippen molar-refractivity contribution in [3.63, 3.8) is 0 Å². The third-order valence-electron chi connectivity index (χ3n) is 8.78. The molecule has 0 fully saturated rings. The van der Waals surface area contributed by atoms with E-state index >= 15 is 0 Å². The van der Waals surface area contributed by atoms with Crippen molar-refractivity contribution in [3.05, 3.63) is 12.2 Å². The van der Waals surface area contributed by atoms with Gasteiger partial charge in [-0.25, -0.2) is 4.57 Å². The fraction of sp³-hybridized carbons (Fsp3) is 0.897. The van der Waals surface area contributed by atoms with Gasteiger partial charge in [0.2, 0.25) is 0 Å². The van der Waals surface area contributed by atoms with Crippen LogP contribution in [0, 0.1) is 0 Å². The van der Waals surface area contributed by atoms with Crippen molar-refractivity contribution in [1.29, 1.82) is 0 Å². The van der Waals surface area contributed by atoms with Gasteiger partial charge in [-0.15, -0.1) is 0 Å². The van der Waals surface area contributed by atoms with Gasteiger partial charge in [-0.05, 0) is 38.5 Å². The number of phosphoric acid groups is 1. The summed E-state index contributed by atoms with van der Waals surface area (Å²) in [5.41, 5.74) is 0. The van der Waals surface area contributed by atoms with Gasteiger partial charge in [-0.2, -0.15) is 0 Å². The molecule has 9 heteroatoms. The monoisotopic (exact) mass is 703 g/mol. The van der Waals surface area contributed by atoms with Crippen LogP contribution in [0.2, 0.25) is 0 Å². The van der Waals surface area contributed by atoms with Crippen molar-refractivity contribution >= 4 is 19.8 Å². The van der Waals surface area contributed by atoms with Crippen LogP contribution in [0.15, 0.2) is 12.2 Å². The Morgan fingerprint density at radius 1 is 0.521 bits per heavy atom. The highest BCUT2D eigenvalue weighted by Crippen LogP contribution is 2.36. The number of unbranched alkanes of at least 4 members (excludes halogenated alkanes) is 25. The Hall–Kier alpha value is -1.21. The molecular weight excluding hydrogens is 627 g/mol. The van der Waals surface area contributed by atoms with Crippen LogP contribution >= 0.6 is 7.82 Å². The molecule has 2 N–H and O–H groups in total. The smallest absolute Gasteiger partial charge is 0.462 e. The zero-order chi connectivity index (χ0) is 35.4. The van der Waals surface area contributed by atoms with Crippen LogP contribution < -0.4 is 0 Å². The molecule has 0 spiro atoms. The Kier molecular flexibility index (Phi) is 34.7.